The van der Waals surface area contributed by atoms with Crippen LogP contribution in [0, 0.1) is 0 Å². The molecule has 5 heteroatoms. The predicted octanol–water partition coefficient (Wildman–Crippen LogP) is 1.25. The molecule has 0 saturated carbocycles. The van der Waals surface area contributed by atoms with E-state index in [0.29, 0.717) is 19.6 Å². The molecule has 0 amide bonds. The summed E-state index contributed by atoms with van der Waals surface area (Å²) in [5.74, 6) is -1.23. The highest BCUT2D eigenvalue weighted by molar-refractivity contribution is 5.84. The van der Waals surface area contributed by atoms with E-state index in [4.69, 9.17) is 18.9 Å². The molecular weight excluding hydrogens is 224 g/mol. The van der Waals surface area contributed by atoms with Crippen LogP contribution in [0.4, 0.5) is 0 Å². The van der Waals surface area contributed by atoms with Crippen molar-refractivity contribution in [3.05, 3.63) is 0 Å². The normalized spacial score (nSPS) is 35.1. The molecule has 17 heavy (non-hydrogen) atoms. The van der Waals surface area contributed by atoms with E-state index in [0.717, 1.165) is 0 Å². The third-order valence-electron chi connectivity index (χ3n) is 2.86. The van der Waals surface area contributed by atoms with Crippen LogP contribution in [0.2, 0.25) is 0 Å². The third kappa shape index (κ3) is 3.25. The van der Waals surface area contributed by atoms with Crippen LogP contribution in [0.25, 0.3) is 0 Å². The Morgan fingerprint density at radius 2 is 1.65 bits per heavy atom. The predicted molar refractivity (Wildman–Crippen MR) is 59.4 cm³/mol. The Bertz CT molecular complexity index is 310. The van der Waals surface area contributed by atoms with Crippen molar-refractivity contribution in [2.75, 3.05) is 13.2 Å². The van der Waals surface area contributed by atoms with Crippen LogP contribution in [0.5, 0.6) is 0 Å². The number of Topliss-reactive ketones (excluding diaryl/α,β-unsaturated/α-hetero) is 1. The van der Waals surface area contributed by atoms with Gasteiger partial charge in [0.25, 0.3) is 0 Å². The Morgan fingerprint density at radius 3 is 2.12 bits per heavy atom. The lowest BCUT2D eigenvalue weighted by molar-refractivity contribution is -0.157. The topological polar surface area (TPSA) is 54.0 Å². The number of rotatable bonds is 3. The van der Waals surface area contributed by atoms with Gasteiger partial charge in [0.1, 0.15) is 6.10 Å². The van der Waals surface area contributed by atoms with E-state index in [1.165, 1.54) is 0 Å². The SMILES string of the molecule is CC1(C)OC[C@H](CC(=O)[C@H]2COC(C)(C)O2)O1. The number of carbonyl (C=O) groups excluding carboxylic acids is 1. The minimum absolute atomic E-state index is 0.0156. The van der Waals surface area contributed by atoms with E-state index >= 15 is 0 Å². The molecule has 0 unspecified atom stereocenters. The van der Waals surface area contributed by atoms with Crippen molar-refractivity contribution < 1.29 is 23.7 Å². The first kappa shape index (κ1) is 13.0. The van der Waals surface area contributed by atoms with Crippen LogP contribution in [0.1, 0.15) is 34.1 Å². The third-order valence-corrected chi connectivity index (χ3v) is 2.86. The van der Waals surface area contributed by atoms with Crippen LogP contribution >= 0.6 is 0 Å². The van der Waals surface area contributed by atoms with Gasteiger partial charge in [-0.15, -0.1) is 0 Å². The average Bonchev–Trinajstić information content (AvgIpc) is 2.69. The van der Waals surface area contributed by atoms with Gasteiger partial charge in [0.2, 0.25) is 0 Å². The monoisotopic (exact) mass is 244 g/mol. The standard InChI is InChI=1S/C12H20O5/c1-11(2)14-6-8(16-11)5-9(13)10-7-15-12(3,4)17-10/h8,10H,5-7H2,1-4H3/t8-,10+/m0/s1. The molecule has 2 saturated heterocycles. The van der Waals surface area contributed by atoms with Gasteiger partial charge in [-0.25, -0.2) is 0 Å². The molecule has 2 heterocycles. The molecule has 2 fully saturated rings. The minimum atomic E-state index is -0.660. The minimum Gasteiger partial charge on any atom is -0.348 e. The fourth-order valence-electron chi connectivity index (χ4n) is 2.07. The molecule has 2 rings (SSSR count). The molecule has 0 aromatic carbocycles. The van der Waals surface area contributed by atoms with E-state index < -0.39 is 17.7 Å². The van der Waals surface area contributed by atoms with Crippen LogP contribution in [-0.4, -0.2) is 42.8 Å². The number of ketones is 1. The molecule has 0 radical (unpaired) electrons. The summed E-state index contributed by atoms with van der Waals surface area (Å²) < 4.78 is 21.9. The molecule has 98 valence electrons. The fourth-order valence-corrected chi connectivity index (χ4v) is 2.07. The highest BCUT2D eigenvalue weighted by Crippen LogP contribution is 2.27. The highest BCUT2D eigenvalue weighted by atomic mass is 16.7. The summed E-state index contributed by atoms with van der Waals surface area (Å²) in [5, 5.41) is 0. The first-order chi connectivity index (χ1) is 7.77. The van der Waals surface area contributed by atoms with Crippen molar-refractivity contribution in [1.29, 1.82) is 0 Å². The Hall–Kier alpha value is -0.490. The largest absolute Gasteiger partial charge is 0.348 e. The van der Waals surface area contributed by atoms with Crippen LogP contribution < -0.4 is 0 Å². The average molecular weight is 244 g/mol. The number of hydrogen-bond acceptors (Lipinski definition) is 5. The van der Waals surface area contributed by atoms with Crippen LogP contribution in [0.3, 0.4) is 0 Å². The number of carbonyl (C=O) groups is 1. The molecule has 5 nitrogen and oxygen atoms in total. The zero-order chi connectivity index (χ0) is 12.7. The fraction of sp³-hybridized carbons (Fsp3) is 0.917. The molecule has 2 atom stereocenters. The van der Waals surface area contributed by atoms with Crippen molar-refractivity contribution in [1.82, 2.24) is 0 Å². The lowest BCUT2D eigenvalue weighted by Gasteiger charge is -2.18. The second kappa shape index (κ2) is 4.31. The van der Waals surface area contributed by atoms with Crippen LogP contribution in [-0.2, 0) is 23.7 Å². The number of ether oxygens (including phenoxy) is 4. The van der Waals surface area contributed by atoms with Gasteiger partial charge in [-0.05, 0) is 27.7 Å². The van der Waals surface area contributed by atoms with E-state index in [2.05, 4.69) is 0 Å². The summed E-state index contributed by atoms with van der Waals surface area (Å²) in [6.45, 7) is 8.07. The van der Waals surface area contributed by atoms with E-state index in [1.807, 2.05) is 13.8 Å². The first-order valence-electron chi connectivity index (χ1n) is 5.94. The molecule has 2 aliphatic rings. The Morgan fingerprint density at radius 1 is 1.06 bits per heavy atom. The van der Waals surface area contributed by atoms with E-state index in [1.54, 1.807) is 13.8 Å². The van der Waals surface area contributed by atoms with Gasteiger partial charge < -0.3 is 18.9 Å². The first-order valence-corrected chi connectivity index (χ1v) is 5.94. The second-order valence-electron chi connectivity index (χ2n) is 5.44. The van der Waals surface area contributed by atoms with Gasteiger partial charge >= 0.3 is 0 Å². The molecule has 0 aliphatic carbocycles. The van der Waals surface area contributed by atoms with Gasteiger partial charge in [-0.3, -0.25) is 4.79 Å². The summed E-state index contributed by atoms with van der Waals surface area (Å²) in [5.41, 5.74) is 0. The van der Waals surface area contributed by atoms with Crippen molar-refractivity contribution in [3.63, 3.8) is 0 Å². The van der Waals surface area contributed by atoms with E-state index in [9.17, 15) is 4.79 Å². The zero-order valence-corrected chi connectivity index (χ0v) is 10.8. The second-order valence-corrected chi connectivity index (χ2v) is 5.44. The molecule has 0 spiro atoms. The molecule has 0 aromatic rings. The van der Waals surface area contributed by atoms with Crippen LogP contribution in [0.15, 0.2) is 0 Å². The van der Waals surface area contributed by atoms with Gasteiger partial charge in [0.05, 0.1) is 19.3 Å². The molecule has 0 bridgehead atoms. The molecule has 2 aliphatic heterocycles. The summed E-state index contributed by atoms with van der Waals surface area (Å²) in [6.07, 6.45) is -0.338. The lowest BCUT2D eigenvalue weighted by atomic mass is 10.1. The summed E-state index contributed by atoms with van der Waals surface area (Å²) in [7, 11) is 0. The van der Waals surface area contributed by atoms with Crippen molar-refractivity contribution in [2.45, 2.75) is 57.9 Å². The Labute approximate surface area is 101 Å². The summed E-state index contributed by atoms with van der Waals surface area (Å²) in [4.78, 5) is 12.0. The molecule has 0 N–H and O–H groups in total. The molecular formula is C12H20O5. The van der Waals surface area contributed by atoms with Gasteiger partial charge in [-0.2, -0.15) is 0 Å². The van der Waals surface area contributed by atoms with Gasteiger partial charge in [0.15, 0.2) is 17.4 Å². The maximum atomic E-state index is 12.0. The van der Waals surface area contributed by atoms with Crippen molar-refractivity contribution in [2.24, 2.45) is 0 Å². The summed E-state index contributed by atoms with van der Waals surface area (Å²) in [6, 6.07) is 0. The zero-order valence-electron chi connectivity index (χ0n) is 10.8. The number of hydrogen-bond donors (Lipinski definition) is 0. The Balaban J connectivity index is 1.83. The molecule has 0 aromatic heterocycles. The lowest BCUT2D eigenvalue weighted by Crippen LogP contribution is -2.30. The van der Waals surface area contributed by atoms with Gasteiger partial charge in [-0.1, -0.05) is 0 Å². The van der Waals surface area contributed by atoms with Crippen molar-refractivity contribution in [3.8, 4) is 0 Å². The van der Waals surface area contributed by atoms with Gasteiger partial charge in [0, 0.05) is 6.42 Å². The maximum Gasteiger partial charge on any atom is 0.166 e. The highest BCUT2D eigenvalue weighted by Gasteiger charge is 2.40. The smallest absolute Gasteiger partial charge is 0.166 e. The van der Waals surface area contributed by atoms with Crippen molar-refractivity contribution >= 4 is 5.78 Å². The Kier molecular flexibility index (Phi) is 3.29. The van der Waals surface area contributed by atoms with E-state index in [-0.39, 0.29) is 11.9 Å². The quantitative estimate of drug-likeness (QED) is 0.747. The maximum absolute atomic E-state index is 12.0. The summed E-state index contributed by atoms with van der Waals surface area (Å²) >= 11 is 0.